The topological polar surface area (TPSA) is 49.3 Å². The van der Waals surface area contributed by atoms with Crippen molar-refractivity contribution in [3.05, 3.63) is 71.3 Å². The number of nitrogens with one attached hydrogen (secondary N) is 1. The largest absolute Gasteiger partial charge is 0.394 e. The van der Waals surface area contributed by atoms with Crippen LogP contribution in [0.25, 0.3) is 0 Å². The van der Waals surface area contributed by atoms with Crippen LogP contribution in [0.3, 0.4) is 0 Å². The van der Waals surface area contributed by atoms with Crippen molar-refractivity contribution in [1.82, 2.24) is 5.32 Å². The maximum atomic E-state index is 13.5. The summed E-state index contributed by atoms with van der Waals surface area (Å²) < 4.78 is 26.6. The second-order valence-corrected chi connectivity index (χ2v) is 4.64. The Hall–Kier alpha value is -2.27. The molecular weight excluding hydrogens is 276 g/mol. The lowest BCUT2D eigenvalue weighted by atomic mass is 10.1. The highest BCUT2D eigenvalue weighted by molar-refractivity contribution is 5.94. The van der Waals surface area contributed by atoms with Crippen molar-refractivity contribution in [2.45, 2.75) is 12.5 Å². The van der Waals surface area contributed by atoms with Gasteiger partial charge in [0.1, 0.15) is 0 Å². The molecule has 0 spiro atoms. The number of hydrogen-bond acceptors (Lipinski definition) is 2. The average molecular weight is 291 g/mol. The molecule has 21 heavy (non-hydrogen) atoms. The van der Waals surface area contributed by atoms with Crippen molar-refractivity contribution in [3.8, 4) is 0 Å². The summed E-state index contributed by atoms with van der Waals surface area (Å²) in [6.45, 7) is -0.294. The summed E-state index contributed by atoms with van der Waals surface area (Å²) in [7, 11) is 0. The number of amides is 1. The molecule has 0 aliphatic rings. The van der Waals surface area contributed by atoms with Gasteiger partial charge in [0.05, 0.1) is 18.2 Å². The number of carbonyl (C=O) groups excluding carboxylic acids is 1. The van der Waals surface area contributed by atoms with E-state index in [1.54, 1.807) is 0 Å². The van der Waals surface area contributed by atoms with E-state index in [-0.39, 0.29) is 12.2 Å². The molecule has 0 heterocycles. The van der Waals surface area contributed by atoms with Gasteiger partial charge in [0.2, 0.25) is 0 Å². The van der Waals surface area contributed by atoms with Crippen LogP contribution in [0.1, 0.15) is 15.9 Å². The first-order valence-corrected chi connectivity index (χ1v) is 6.51. The Morgan fingerprint density at radius 1 is 1.10 bits per heavy atom. The van der Waals surface area contributed by atoms with E-state index >= 15 is 0 Å². The van der Waals surface area contributed by atoms with Gasteiger partial charge in [-0.1, -0.05) is 36.4 Å². The number of aliphatic hydroxyl groups is 1. The van der Waals surface area contributed by atoms with Gasteiger partial charge in [0, 0.05) is 0 Å². The Labute approximate surface area is 121 Å². The van der Waals surface area contributed by atoms with Crippen LogP contribution in [0, 0.1) is 11.6 Å². The molecular formula is C16H15F2NO2. The normalized spacial score (nSPS) is 12.0. The molecule has 1 atom stereocenters. The minimum atomic E-state index is -1.19. The highest BCUT2D eigenvalue weighted by atomic mass is 19.2. The van der Waals surface area contributed by atoms with Crippen LogP contribution in [0.15, 0.2) is 48.5 Å². The third kappa shape index (κ3) is 3.86. The summed E-state index contributed by atoms with van der Waals surface area (Å²) in [6, 6.07) is 12.1. The standard InChI is InChI=1S/C16H15F2NO2/c17-14-8-4-7-13(15(14)18)16(21)19-12(10-20)9-11-5-2-1-3-6-11/h1-8,12,20H,9-10H2,(H,19,21)/t12-/m0/s1. The zero-order chi connectivity index (χ0) is 15.2. The fourth-order valence-corrected chi connectivity index (χ4v) is 2.00. The van der Waals surface area contributed by atoms with Crippen LogP contribution >= 0.6 is 0 Å². The van der Waals surface area contributed by atoms with Crippen LogP contribution in [0.4, 0.5) is 8.78 Å². The van der Waals surface area contributed by atoms with Gasteiger partial charge >= 0.3 is 0 Å². The van der Waals surface area contributed by atoms with E-state index in [0.29, 0.717) is 6.42 Å². The summed E-state index contributed by atoms with van der Waals surface area (Å²) in [4.78, 5) is 11.9. The van der Waals surface area contributed by atoms with E-state index < -0.39 is 23.6 Å². The van der Waals surface area contributed by atoms with Gasteiger partial charge in [-0.25, -0.2) is 8.78 Å². The minimum absolute atomic E-state index is 0.294. The quantitative estimate of drug-likeness (QED) is 0.888. The molecule has 0 unspecified atom stereocenters. The lowest BCUT2D eigenvalue weighted by Gasteiger charge is -2.16. The van der Waals surface area contributed by atoms with Gasteiger partial charge in [-0.2, -0.15) is 0 Å². The molecule has 2 N–H and O–H groups in total. The molecule has 3 nitrogen and oxygen atoms in total. The van der Waals surface area contributed by atoms with Gasteiger partial charge < -0.3 is 10.4 Å². The average Bonchev–Trinajstić information content (AvgIpc) is 2.50. The zero-order valence-electron chi connectivity index (χ0n) is 11.2. The molecule has 5 heteroatoms. The monoisotopic (exact) mass is 291 g/mol. The first kappa shape index (κ1) is 15.1. The van der Waals surface area contributed by atoms with Crippen molar-refractivity contribution in [2.24, 2.45) is 0 Å². The number of halogens is 2. The van der Waals surface area contributed by atoms with E-state index in [4.69, 9.17) is 0 Å². The fourth-order valence-electron chi connectivity index (χ4n) is 2.00. The van der Waals surface area contributed by atoms with E-state index in [1.165, 1.54) is 12.1 Å². The molecule has 0 aliphatic heterocycles. The van der Waals surface area contributed by atoms with Crippen LogP contribution in [0.2, 0.25) is 0 Å². The summed E-state index contributed by atoms with van der Waals surface area (Å²) in [5.41, 5.74) is 0.554. The maximum absolute atomic E-state index is 13.5. The van der Waals surface area contributed by atoms with Crippen LogP contribution in [-0.4, -0.2) is 23.7 Å². The first-order valence-electron chi connectivity index (χ1n) is 6.51. The second-order valence-electron chi connectivity index (χ2n) is 4.64. The molecule has 2 aromatic carbocycles. The van der Waals surface area contributed by atoms with Crippen LogP contribution in [0.5, 0.6) is 0 Å². The van der Waals surface area contributed by atoms with E-state index in [1.807, 2.05) is 30.3 Å². The number of hydrogen-bond donors (Lipinski definition) is 2. The Kier molecular flexibility index (Phi) is 5.00. The Bertz CT molecular complexity index is 617. The van der Waals surface area contributed by atoms with Crippen LogP contribution in [-0.2, 0) is 6.42 Å². The van der Waals surface area contributed by atoms with Crippen molar-refractivity contribution >= 4 is 5.91 Å². The molecule has 2 aromatic rings. The highest BCUT2D eigenvalue weighted by Gasteiger charge is 2.18. The molecule has 0 aromatic heterocycles. The number of benzene rings is 2. The Morgan fingerprint density at radius 2 is 1.81 bits per heavy atom. The van der Waals surface area contributed by atoms with Crippen LogP contribution < -0.4 is 5.32 Å². The van der Waals surface area contributed by atoms with Crippen molar-refractivity contribution < 1.29 is 18.7 Å². The van der Waals surface area contributed by atoms with E-state index in [0.717, 1.165) is 11.6 Å². The number of aliphatic hydroxyl groups excluding tert-OH is 1. The Morgan fingerprint density at radius 3 is 2.48 bits per heavy atom. The molecule has 110 valence electrons. The summed E-state index contributed by atoms with van der Waals surface area (Å²) in [6.07, 6.45) is 0.403. The first-order chi connectivity index (χ1) is 10.1. The molecule has 0 bridgehead atoms. The van der Waals surface area contributed by atoms with Crippen molar-refractivity contribution in [2.75, 3.05) is 6.61 Å². The molecule has 2 rings (SSSR count). The zero-order valence-corrected chi connectivity index (χ0v) is 11.2. The molecule has 0 saturated heterocycles. The van der Waals surface area contributed by atoms with Gasteiger partial charge in [-0.05, 0) is 24.1 Å². The van der Waals surface area contributed by atoms with E-state index in [2.05, 4.69) is 5.32 Å². The molecule has 0 fully saturated rings. The SMILES string of the molecule is O=C(N[C@H](CO)Cc1ccccc1)c1cccc(F)c1F. The predicted molar refractivity (Wildman–Crippen MR) is 74.8 cm³/mol. The van der Waals surface area contributed by atoms with Crippen molar-refractivity contribution in [1.29, 1.82) is 0 Å². The van der Waals surface area contributed by atoms with Gasteiger partial charge in [-0.15, -0.1) is 0 Å². The third-order valence-electron chi connectivity index (χ3n) is 3.08. The molecule has 0 saturated carbocycles. The summed E-state index contributed by atoms with van der Waals surface area (Å²) in [5.74, 6) is -3.01. The maximum Gasteiger partial charge on any atom is 0.254 e. The third-order valence-corrected chi connectivity index (χ3v) is 3.08. The van der Waals surface area contributed by atoms with E-state index in [9.17, 15) is 18.7 Å². The predicted octanol–water partition coefficient (Wildman–Crippen LogP) is 2.30. The Balaban J connectivity index is 2.08. The summed E-state index contributed by atoms with van der Waals surface area (Å²) >= 11 is 0. The molecule has 0 radical (unpaired) electrons. The lowest BCUT2D eigenvalue weighted by Crippen LogP contribution is -2.39. The fraction of sp³-hybridized carbons (Fsp3) is 0.188. The minimum Gasteiger partial charge on any atom is -0.394 e. The number of rotatable bonds is 5. The second kappa shape index (κ2) is 6.95. The smallest absolute Gasteiger partial charge is 0.254 e. The summed E-state index contributed by atoms with van der Waals surface area (Å²) in [5, 5.41) is 11.8. The van der Waals surface area contributed by atoms with Gasteiger partial charge in [0.15, 0.2) is 11.6 Å². The van der Waals surface area contributed by atoms with Gasteiger partial charge in [-0.3, -0.25) is 4.79 Å². The molecule has 0 aliphatic carbocycles. The van der Waals surface area contributed by atoms with Gasteiger partial charge in [0.25, 0.3) is 5.91 Å². The molecule has 1 amide bonds. The lowest BCUT2D eigenvalue weighted by molar-refractivity contribution is 0.0911. The highest BCUT2D eigenvalue weighted by Crippen LogP contribution is 2.12. The van der Waals surface area contributed by atoms with Crippen molar-refractivity contribution in [3.63, 3.8) is 0 Å². The number of carbonyl (C=O) groups is 1.